The summed E-state index contributed by atoms with van der Waals surface area (Å²) in [5, 5.41) is 0. The van der Waals surface area contributed by atoms with Gasteiger partial charge in [0, 0.05) is 6.42 Å². The first-order valence-corrected chi connectivity index (χ1v) is 5.88. The van der Waals surface area contributed by atoms with E-state index in [1.54, 1.807) is 19.6 Å². The van der Waals surface area contributed by atoms with Gasteiger partial charge >= 0.3 is 0 Å². The predicted molar refractivity (Wildman–Crippen MR) is 68.6 cm³/mol. The summed E-state index contributed by atoms with van der Waals surface area (Å²) >= 11 is 0. The third-order valence-electron chi connectivity index (χ3n) is 2.95. The standard InChI is InChI=1S/C15H18O2/c1-11(2)15-5-4-14(16-3)9-13(15)8-12-6-7-17-10-12/h4-7,9-11H,8H2,1-3H3. The Kier molecular flexibility index (Phi) is 3.52. The largest absolute Gasteiger partial charge is 0.497 e. The van der Waals surface area contributed by atoms with E-state index in [0.29, 0.717) is 5.92 Å². The van der Waals surface area contributed by atoms with Crippen LogP contribution < -0.4 is 4.74 Å². The highest BCUT2D eigenvalue weighted by atomic mass is 16.5. The second kappa shape index (κ2) is 5.09. The van der Waals surface area contributed by atoms with E-state index >= 15 is 0 Å². The maximum absolute atomic E-state index is 5.29. The molecule has 0 fully saturated rings. The molecule has 0 spiro atoms. The summed E-state index contributed by atoms with van der Waals surface area (Å²) in [5.74, 6) is 1.43. The molecule has 0 bridgehead atoms. The molecule has 0 atom stereocenters. The zero-order chi connectivity index (χ0) is 12.3. The number of methoxy groups -OCH3 is 1. The molecule has 1 aromatic heterocycles. The summed E-state index contributed by atoms with van der Waals surface area (Å²) in [5.41, 5.74) is 3.87. The number of benzene rings is 1. The molecule has 0 aliphatic rings. The van der Waals surface area contributed by atoms with Crippen LogP contribution in [0.1, 0.15) is 36.5 Å². The van der Waals surface area contributed by atoms with Crippen LogP contribution in [0.5, 0.6) is 5.75 Å². The Bertz CT molecular complexity index is 470. The zero-order valence-corrected chi connectivity index (χ0v) is 10.6. The Morgan fingerprint density at radius 2 is 2.06 bits per heavy atom. The highest BCUT2D eigenvalue weighted by molar-refractivity contribution is 5.39. The first kappa shape index (κ1) is 11.8. The molecule has 0 saturated carbocycles. The van der Waals surface area contributed by atoms with Crippen LogP contribution >= 0.6 is 0 Å². The molecule has 2 heteroatoms. The molecule has 0 amide bonds. The van der Waals surface area contributed by atoms with Gasteiger partial charge in [0.25, 0.3) is 0 Å². The van der Waals surface area contributed by atoms with Gasteiger partial charge in [-0.1, -0.05) is 19.9 Å². The number of furan rings is 1. The number of ether oxygens (including phenoxy) is 1. The van der Waals surface area contributed by atoms with Crippen LogP contribution in [0.25, 0.3) is 0 Å². The van der Waals surface area contributed by atoms with Crippen LogP contribution in [0.3, 0.4) is 0 Å². The highest BCUT2D eigenvalue weighted by Crippen LogP contribution is 2.26. The molecule has 0 radical (unpaired) electrons. The minimum absolute atomic E-state index is 0.516. The van der Waals surface area contributed by atoms with Crippen molar-refractivity contribution in [2.45, 2.75) is 26.2 Å². The van der Waals surface area contributed by atoms with Crippen molar-refractivity contribution in [3.8, 4) is 5.75 Å². The summed E-state index contributed by atoms with van der Waals surface area (Å²) < 4.78 is 10.4. The number of rotatable bonds is 4. The van der Waals surface area contributed by atoms with Crippen LogP contribution in [-0.4, -0.2) is 7.11 Å². The van der Waals surface area contributed by atoms with Gasteiger partial charge in [0.15, 0.2) is 0 Å². The van der Waals surface area contributed by atoms with E-state index in [0.717, 1.165) is 12.2 Å². The molecule has 0 N–H and O–H groups in total. The lowest BCUT2D eigenvalue weighted by Gasteiger charge is -2.13. The molecule has 0 saturated heterocycles. The third-order valence-corrected chi connectivity index (χ3v) is 2.95. The lowest BCUT2D eigenvalue weighted by atomic mass is 9.93. The fourth-order valence-corrected chi connectivity index (χ4v) is 2.04. The minimum Gasteiger partial charge on any atom is -0.497 e. The fraction of sp³-hybridized carbons (Fsp3) is 0.333. The Balaban J connectivity index is 2.34. The Hall–Kier alpha value is -1.70. The van der Waals surface area contributed by atoms with Crippen molar-refractivity contribution in [3.05, 3.63) is 53.5 Å². The van der Waals surface area contributed by atoms with Gasteiger partial charge in [-0.05, 0) is 40.8 Å². The Morgan fingerprint density at radius 1 is 1.24 bits per heavy atom. The quantitative estimate of drug-likeness (QED) is 0.792. The van der Waals surface area contributed by atoms with Crippen molar-refractivity contribution in [1.82, 2.24) is 0 Å². The molecular weight excluding hydrogens is 212 g/mol. The summed E-state index contributed by atoms with van der Waals surface area (Å²) in [4.78, 5) is 0. The Labute approximate surface area is 102 Å². The zero-order valence-electron chi connectivity index (χ0n) is 10.6. The van der Waals surface area contributed by atoms with Gasteiger partial charge in [-0.15, -0.1) is 0 Å². The van der Waals surface area contributed by atoms with Gasteiger partial charge in [0.2, 0.25) is 0 Å². The SMILES string of the molecule is COc1ccc(C(C)C)c(Cc2ccoc2)c1. The van der Waals surface area contributed by atoms with Crippen molar-refractivity contribution in [3.63, 3.8) is 0 Å². The van der Waals surface area contributed by atoms with Crippen molar-refractivity contribution < 1.29 is 9.15 Å². The van der Waals surface area contributed by atoms with E-state index in [-0.39, 0.29) is 0 Å². The maximum Gasteiger partial charge on any atom is 0.119 e. The summed E-state index contributed by atoms with van der Waals surface area (Å²) in [7, 11) is 1.70. The topological polar surface area (TPSA) is 22.4 Å². The van der Waals surface area contributed by atoms with E-state index in [1.165, 1.54) is 16.7 Å². The molecule has 0 aliphatic carbocycles. The molecule has 17 heavy (non-hydrogen) atoms. The third kappa shape index (κ3) is 2.70. The first-order valence-electron chi connectivity index (χ1n) is 5.88. The monoisotopic (exact) mass is 230 g/mol. The van der Waals surface area contributed by atoms with Crippen molar-refractivity contribution in [1.29, 1.82) is 0 Å². The second-order valence-electron chi connectivity index (χ2n) is 4.53. The van der Waals surface area contributed by atoms with Gasteiger partial charge in [-0.2, -0.15) is 0 Å². The van der Waals surface area contributed by atoms with E-state index in [9.17, 15) is 0 Å². The minimum atomic E-state index is 0.516. The molecule has 1 heterocycles. The van der Waals surface area contributed by atoms with Gasteiger partial charge in [0.1, 0.15) is 5.75 Å². The highest BCUT2D eigenvalue weighted by Gasteiger charge is 2.09. The summed E-state index contributed by atoms with van der Waals surface area (Å²) in [6, 6.07) is 8.29. The first-order chi connectivity index (χ1) is 8.20. The van der Waals surface area contributed by atoms with Crippen LogP contribution in [0.15, 0.2) is 41.2 Å². The van der Waals surface area contributed by atoms with E-state index < -0.39 is 0 Å². The summed E-state index contributed by atoms with van der Waals surface area (Å²) in [6.07, 6.45) is 4.40. The molecule has 1 aromatic carbocycles. The normalized spacial score (nSPS) is 10.8. The van der Waals surface area contributed by atoms with Gasteiger partial charge in [0.05, 0.1) is 19.6 Å². The van der Waals surface area contributed by atoms with Crippen LogP contribution in [-0.2, 0) is 6.42 Å². The molecular formula is C15H18O2. The molecule has 2 aromatic rings. The van der Waals surface area contributed by atoms with Crippen molar-refractivity contribution in [2.75, 3.05) is 7.11 Å². The van der Waals surface area contributed by atoms with Crippen LogP contribution in [0, 0.1) is 0 Å². The Morgan fingerprint density at radius 3 is 2.65 bits per heavy atom. The summed E-state index contributed by atoms with van der Waals surface area (Å²) in [6.45, 7) is 4.42. The van der Waals surface area contributed by atoms with Gasteiger partial charge < -0.3 is 9.15 Å². The number of hydrogen-bond acceptors (Lipinski definition) is 2. The van der Waals surface area contributed by atoms with Crippen LogP contribution in [0.2, 0.25) is 0 Å². The van der Waals surface area contributed by atoms with E-state index in [2.05, 4.69) is 26.0 Å². The maximum atomic E-state index is 5.29. The predicted octanol–water partition coefficient (Wildman–Crippen LogP) is 4.00. The van der Waals surface area contributed by atoms with Gasteiger partial charge in [-0.3, -0.25) is 0 Å². The fourth-order valence-electron chi connectivity index (χ4n) is 2.04. The second-order valence-corrected chi connectivity index (χ2v) is 4.53. The molecule has 2 nitrogen and oxygen atoms in total. The van der Waals surface area contributed by atoms with E-state index in [4.69, 9.17) is 9.15 Å². The van der Waals surface area contributed by atoms with E-state index in [1.807, 2.05) is 12.1 Å². The molecule has 0 unspecified atom stereocenters. The number of hydrogen-bond donors (Lipinski definition) is 0. The van der Waals surface area contributed by atoms with Gasteiger partial charge in [-0.25, -0.2) is 0 Å². The average molecular weight is 230 g/mol. The average Bonchev–Trinajstić information content (AvgIpc) is 2.81. The van der Waals surface area contributed by atoms with Crippen LogP contribution in [0.4, 0.5) is 0 Å². The smallest absolute Gasteiger partial charge is 0.119 e. The van der Waals surface area contributed by atoms with Crippen molar-refractivity contribution >= 4 is 0 Å². The molecule has 2 rings (SSSR count). The van der Waals surface area contributed by atoms with Crippen molar-refractivity contribution in [2.24, 2.45) is 0 Å². The molecule has 90 valence electrons. The lowest BCUT2D eigenvalue weighted by molar-refractivity contribution is 0.414. The molecule has 0 aliphatic heterocycles. The lowest BCUT2D eigenvalue weighted by Crippen LogP contribution is -1.98.